The Kier molecular flexibility index (Phi) is 5.79. The summed E-state index contributed by atoms with van der Waals surface area (Å²) in [6.45, 7) is 9.06. The number of nitrogens with one attached hydrogen (secondary N) is 1. The van der Waals surface area contributed by atoms with Crippen molar-refractivity contribution in [1.29, 1.82) is 0 Å². The summed E-state index contributed by atoms with van der Waals surface area (Å²) in [4.78, 5) is 6.94. The predicted molar refractivity (Wildman–Crippen MR) is 83.2 cm³/mol. The quantitative estimate of drug-likeness (QED) is 0.900. The average Bonchev–Trinajstić information content (AvgIpc) is 2.40. The molecule has 1 atom stereocenters. The Balaban J connectivity index is 2.12. The topological polar surface area (TPSA) is 28.2 Å². The second-order valence-corrected chi connectivity index (χ2v) is 6.63. The molecule has 1 aromatic heterocycles. The molecule has 1 saturated heterocycles. The van der Waals surface area contributed by atoms with Crippen LogP contribution in [0.4, 0.5) is 0 Å². The normalized spacial score (nSPS) is 18.7. The van der Waals surface area contributed by atoms with Crippen LogP contribution in [-0.2, 0) is 0 Å². The molecular formula is C15H24BrN3. The van der Waals surface area contributed by atoms with Gasteiger partial charge < -0.3 is 5.32 Å². The Morgan fingerprint density at radius 3 is 2.63 bits per heavy atom. The van der Waals surface area contributed by atoms with Gasteiger partial charge in [-0.15, -0.1) is 0 Å². The van der Waals surface area contributed by atoms with Crippen molar-refractivity contribution in [2.75, 3.05) is 26.2 Å². The maximum atomic E-state index is 4.34. The van der Waals surface area contributed by atoms with E-state index in [1.807, 2.05) is 12.4 Å². The number of hydrogen-bond donors (Lipinski definition) is 1. The summed E-state index contributed by atoms with van der Waals surface area (Å²) in [6.07, 6.45) is 6.37. The molecule has 1 fully saturated rings. The summed E-state index contributed by atoms with van der Waals surface area (Å²) in [5.41, 5.74) is 1.34. The van der Waals surface area contributed by atoms with E-state index in [9.17, 15) is 0 Å². The zero-order chi connectivity index (χ0) is 13.7. The number of piperazine rings is 1. The summed E-state index contributed by atoms with van der Waals surface area (Å²) < 4.78 is 1.08. The lowest BCUT2D eigenvalue weighted by Gasteiger charge is -2.35. The number of nitrogens with zero attached hydrogens (tertiary/aromatic N) is 2. The molecule has 0 bridgehead atoms. The van der Waals surface area contributed by atoms with Crippen molar-refractivity contribution in [3.05, 3.63) is 28.5 Å². The van der Waals surface area contributed by atoms with Crippen molar-refractivity contribution >= 4 is 15.9 Å². The molecule has 1 N–H and O–H groups in total. The molecule has 1 aliphatic rings. The fraction of sp³-hybridized carbons (Fsp3) is 0.667. The molecular weight excluding hydrogens is 302 g/mol. The highest BCUT2D eigenvalue weighted by molar-refractivity contribution is 9.10. The highest BCUT2D eigenvalue weighted by atomic mass is 79.9. The predicted octanol–water partition coefficient (Wildman–Crippen LogP) is 3.23. The van der Waals surface area contributed by atoms with Crippen LogP contribution >= 0.6 is 15.9 Å². The van der Waals surface area contributed by atoms with Crippen LogP contribution in [0.15, 0.2) is 22.9 Å². The highest BCUT2D eigenvalue weighted by Crippen LogP contribution is 2.28. The zero-order valence-electron chi connectivity index (χ0n) is 11.9. The Bertz CT molecular complexity index is 389. The summed E-state index contributed by atoms with van der Waals surface area (Å²) in [7, 11) is 0. The van der Waals surface area contributed by atoms with Gasteiger partial charge >= 0.3 is 0 Å². The number of rotatable bonds is 5. The minimum atomic E-state index is 0.509. The lowest BCUT2D eigenvalue weighted by Crippen LogP contribution is -2.45. The molecule has 0 aromatic carbocycles. The van der Waals surface area contributed by atoms with Crippen LogP contribution in [0.2, 0.25) is 0 Å². The van der Waals surface area contributed by atoms with E-state index >= 15 is 0 Å². The van der Waals surface area contributed by atoms with E-state index in [-0.39, 0.29) is 0 Å². The second kappa shape index (κ2) is 7.36. The van der Waals surface area contributed by atoms with Crippen LogP contribution in [0.3, 0.4) is 0 Å². The maximum absolute atomic E-state index is 4.34. The molecule has 4 heteroatoms. The summed E-state index contributed by atoms with van der Waals surface area (Å²) in [5, 5.41) is 3.43. The largest absolute Gasteiger partial charge is 0.314 e. The third kappa shape index (κ3) is 4.55. The van der Waals surface area contributed by atoms with Gasteiger partial charge in [0.1, 0.15) is 0 Å². The molecule has 0 saturated carbocycles. The molecule has 0 unspecified atom stereocenters. The molecule has 0 aliphatic carbocycles. The van der Waals surface area contributed by atoms with Gasteiger partial charge in [0.25, 0.3) is 0 Å². The van der Waals surface area contributed by atoms with Crippen LogP contribution in [0.25, 0.3) is 0 Å². The monoisotopic (exact) mass is 325 g/mol. The van der Waals surface area contributed by atoms with E-state index in [1.165, 1.54) is 18.4 Å². The maximum Gasteiger partial charge on any atom is 0.0410 e. The molecule has 1 aromatic rings. The zero-order valence-corrected chi connectivity index (χ0v) is 13.5. The first-order valence-corrected chi connectivity index (χ1v) is 8.01. The van der Waals surface area contributed by atoms with Gasteiger partial charge in [0.15, 0.2) is 0 Å². The van der Waals surface area contributed by atoms with Gasteiger partial charge in [-0.3, -0.25) is 9.88 Å². The molecule has 0 amide bonds. The molecule has 3 nitrogen and oxygen atoms in total. The van der Waals surface area contributed by atoms with Crippen molar-refractivity contribution < 1.29 is 0 Å². The van der Waals surface area contributed by atoms with E-state index in [0.29, 0.717) is 6.04 Å². The van der Waals surface area contributed by atoms with E-state index in [2.05, 4.69) is 51.0 Å². The van der Waals surface area contributed by atoms with Gasteiger partial charge in [-0.2, -0.15) is 0 Å². The summed E-state index contributed by atoms with van der Waals surface area (Å²) in [5.74, 6) is 0.755. The standard InChI is InChI=1S/C15H24BrN3/c1-12(2)3-4-15(19-7-5-17-6-8-19)13-9-14(16)11-18-10-13/h9-12,15,17H,3-8H2,1-2H3/t15-/m1/s1. The summed E-state index contributed by atoms with van der Waals surface area (Å²) in [6, 6.07) is 2.73. The van der Waals surface area contributed by atoms with Gasteiger partial charge in [-0.05, 0) is 46.3 Å². The van der Waals surface area contributed by atoms with Gasteiger partial charge in [0.05, 0.1) is 0 Å². The van der Waals surface area contributed by atoms with Gasteiger partial charge in [-0.25, -0.2) is 0 Å². The molecule has 0 spiro atoms. The number of aromatic nitrogens is 1. The number of halogens is 1. The van der Waals surface area contributed by atoms with Crippen LogP contribution in [0.1, 0.15) is 38.3 Å². The van der Waals surface area contributed by atoms with E-state index < -0.39 is 0 Å². The van der Waals surface area contributed by atoms with Crippen LogP contribution in [-0.4, -0.2) is 36.1 Å². The first-order chi connectivity index (χ1) is 9.16. The lowest BCUT2D eigenvalue weighted by atomic mass is 9.97. The Morgan fingerprint density at radius 1 is 1.26 bits per heavy atom. The third-order valence-electron chi connectivity index (χ3n) is 3.72. The van der Waals surface area contributed by atoms with Crippen molar-refractivity contribution in [2.24, 2.45) is 5.92 Å². The van der Waals surface area contributed by atoms with Gasteiger partial charge in [0.2, 0.25) is 0 Å². The molecule has 0 radical (unpaired) electrons. The van der Waals surface area contributed by atoms with Crippen molar-refractivity contribution in [3.8, 4) is 0 Å². The summed E-state index contributed by atoms with van der Waals surface area (Å²) >= 11 is 3.54. The number of hydrogen-bond acceptors (Lipinski definition) is 3. The molecule has 19 heavy (non-hydrogen) atoms. The SMILES string of the molecule is CC(C)CC[C@H](c1cncc(Br)c1)N1CCNCC1. The van der Waals surface area contributed by atoms with Gasteiger partial charge in [-0.1, -0.05) is 13.8 Å². The first-order valence-electron chi connectivity index (χ1n) is 7.22. The van der Waals surface area contributed by atoms with E-state index in [0.717, 1.165) is 36.6 Å². The highest BCUT2D eigenvalue weighted by Gasteiger charge is 2.22. The van der Waals surface area contributed by atoms with Crippen LogP contribution in [0.5, 0.6) is 0 Å². The number of pyridine rings is 1. The molecule has 2 heterocycles. The fourth-order valence-corrected chi connectivity index (χ4v) is 3.04. The smallest absolute Gasteiger partial charge is 0.0410 e. The van der Waals surface area contributed by atoms with Crippen LogP contribution < -0.4 is 5.32 Å². The Hall–Kier alpha value is -0.450. The van der Waals surface area contributed by atoms with Crippen molar-refractivity contribution in [3.63, 3.8) is 0 Å². The Morgan fingerprint density at radius 2 is 2.00 bits per heavy atom. The van der Waals surface area contributed by atoms with Gasteiger partial charge in [0, 0.05) is 49.1 Å². The lowest BCUT2D eigenvalue weighted by molar-refractivity contribution is 0.159. The molecule has 106 valence electrons. The van der Waals surface area contributed by atoms with Crippen LogP contribution in [0, 0.1) is 5.92 Å². The average molecular weight is 326 g/mol. The van der Waals surface area contributed by atoms with Crippen molar-refractivity contribution in [2.45, 2.75) is 32.7 Å². The van der Waals surface area contributed by atoms with E-state index in [4.69, 9.17) is 0 Å². The minimum Gasteiger partial charge on any atom is -0.314 e. The second-order valence-electron chi connectivity index (χ2n) is 5.71. The minimum absolute atomic E-state index is 0.509. The first kappa shape index (κ1) is 14.9. The molecule has 2 rings (SSSR count). The Labute approximate surface area is 124 Å². The van der Waals surface area contributed by atoms with Crippen molar-refractivity contribution in [1.82, 2.24) is 15.2 Å². The third-order valence-corrected chi connectivity index (χ3v) is 4.15. The van der Waals surface area contributed by atoms with E-state index in [1.54, 1.807) is 0 Å². The fourth-order valence-electron chi connectivity index (χ4n) is 2.66. The molecule has 1 aliphatic heterocycles.